The summed E-state index contributed by atoms with van der Waals surface area (Å²) in [6.45, 7) is 2.86. The van der Waals surface area contributed by atoms with Gasteiger partial charge in [0, 0.05) is 32.2 Å². The molecule has 2 rings (SSSR count). The molecule has 1 aliphatic rings. The predicted molar refractivity (Wildman–Crippen MR) is 96.2 cm³/mol. The smallest absolute Gasteiger partial charge is 0.251 e. The minimum Gasteiger partial charge on any atom is -0.355 e. The standard InChI is InChI=1S/C15H22N4O.HI/c1-10-7-13(10)19-15(17-3)18-9-11-5-4-6-12(8-11)14(20)16-2;/h4-6,8,10,13H,7,9H2,1-3H3,(H,16,20)(H2,17,18,19);1H. The molecule has 0 aliphatic heterocycles. The number of benzene rings is 1. The number of rotatable bonds is 4. The number of guanidine groups is 1. The van der Waals surface area contributed by atoms with E-state index in [1.165, 1.54) is 6.42 Å². The zero-order chi connectivity index (χ0) is 14.5. The van der Waals surface area contributed by atoms with Gasteiger partial charge in [0.2, 0.25) is 0 Å². The van der Waals surface area contributed by atoms with Crippen LogP contribution in [0.15, 0.2) is 29.3 Å². The van der Waals surface area contributed by atoms with Crippen molar-refractivity contribution in [3.63, 3.8) is 0 Å². The van der Waals surface area contributed by atoms with Gasteiger partial charge in [-0.25, -0.2) is 0 Å². The average molecular weight is 402 g/mol. The Morgan fingerprint density at radius 1 is 1.43 bits per heavy atom. The van der Waals surface area contributed by atoms with Crippen LogP contribution in [0.25, 0.3) is 0 Å². The van der Waals surface area contributed by atoms with Gasteiger partial charge >= 0.3 is 0 Å². The molecule has 1 aliphatic carbocycles. The maximum atomic E-state index is 11.6. The summed E-state index contributed by atoms with van der Waals surface area (Å²) in [5.74, 6) is 1.47. The van der Waals surface area contributed by atoms with E-state index in [1.54, 1.807) is 20.2 Å². The lowest BCUT2D eigenvalue weighted by Gasteiger charge is -2.12. The largest absolute Gasteiger partial charge is 0.355 e. The van der Waals surface area contributed by atoms with Crippen molar-refractivity contribution in [3.8, 4) is 0 Å². The number of halogens is 1. The van der Waals surface area contributed by atoms with Crippen LogP contribution < -0.4 is 16.0 Å². The first-order valence-electron chi connectivity index (χ1n) is 6.92. The molecule has 0 aromatic heterocycles. The van der Waals surface area contributed by atoms with Crippen molar-refractivity contribution in [3.05, 3.63) is 35.4 Å². The van der Waals surface area contributed by atoms with Crippen LogP contribution in [-0.4, -0.2) is 32.0 Å². The number of nitrogens with zero attached hydrogens (tertiary/aromatic N) is 1. The highest BCUT2D eigenvalue weighted by Crippen LogP contribution is 2.28. The minimum atomic E-state index is -0.0684. The van der Waals surface area contributed by atoms with Crippen LogP contribution >= 0.6 is 24.0 Å². The monoisotopic (exact) mass is 402 g/mol. The second kappa shape index (κ2) is 8.21. The highest BCUT2D eigenvalue weighted by atomic mass is 127. The number of carbonyl (C=O) groups excluding carboxylic acids is 1. The zero-order valence-corrected chi connectivity index (χ0v) is 15.0. The molecular formula is C15H23IN4O. The lowest BCUT2D eigenvalue weighted by molar-refractivity contribution is 0.0963. The Balaban J connectivity index is 0.00000220. The maximum absolute atomic E-state index is 11.6. The molecule has 5 nitrogen and oxygen atoms in total. The van der Waals surface area contributed by atoms with E-state index in [0.717, 1.165) is 17.4 Å². The van der Waals surface area contributed by atoms with E-state index < -0.39 is 0 Å². The van der Waals surface area contributed by atoms with E-state index in [1.807, 2.05) is 18.2 Å². The fraction of sp³-hybridized carbons (Fsp3) is 0.467. The quantitative estimate of drug-likeness (QED) is 0.409. The fourth-order valence-electron chi connectivity index (χ4n) is 2.05. The summed E-state index contributed by atoms with van der Waals surface area (Å²) in [4.78, 5) is 15.8. The van der Waals surface area contributed by atoms with Gasteiger partial charge in [-0.15, -0.1) is 24.0 Å². The van der Waals surface area contributed by atoms with Crippen molar-refractivity contribution >= 4 is 35.8 Å². The second-order valence-corrected chi connectivity index (χ2v) is 5.17. The van der Waals surface area contributed by atoms with Crippen LogP contribution in [0.1, 0.15) is 29.3 Å². The van der Waals surface area contributed by atoms with Gasteiger partial charge in [0.1, 0.15) is 0 Å². The Labute approximate surface area is 143 Å². The Hall–Kier alpha value is -1.31. The Morgan fingerprint density at radius 2 is 2.14 bits per heavy atom. The molecule has 0 radical (unpaired) electrons. The third kappa shape index (κ3) is 5.18. The Bertz CT molecular complexity index is 518. The molecule has 0 heterocycles. The molecule has 0 spiro atoms. The van der Waals surface area contributed by atoms with Gasteiger partial charge in [-0.1, -0.05) is 19.1 Å². The maximum Gasteiger partial charge on any atom is 0.251 e. The molecular weight excluding hydrogens is 379 g/mol. The average Bonchev–Trinajstić information content (AvgIpc) is 3.18. The SMILES string of the molecule is CN=C(NCc1cccc(C(=O)NC)c1)NC1CC1C.I. The zero-order valence-electron chi connectivity index (χ0n) is 12.6. The molecule has 1 amide bonds. The lowest BCUT2D eigenvalue weighted by Crippen LogP contribution is -2.38. The molecule has 0 saturated heterocycles. The van der Waals surface area contributed by atoms with Gasteiger partial charge in [-0.2, -0.15) is 0 Å². The summed E-state index contributed by atoms with van der Waals surface area (Å²) in [5.41, 5.74) is 1.73. The minimum absolute atomic E-state index is 0. The highest BCUT2D eigenvalue weighted by molar-refractivity contribution is 14.0. The molecule has 1 aromatic carbocycles. The van der Waals surface area contributed by atoms with Crippen LogP contribution in [0.5, 0.6) is 0 Å². The Morgan fingerprint density at radius 3 is 2.71 bits per heavy atom. The van der Waals surface area contributed by atoms with E-state index in [-0.39, 0.29) is 29.9 Å². The lowest BCUT2D eigenvalue weighted by atomic mass is 10.1. The molecule has 0 bridgehead atoms. The summed E-state index contributed by atoms with van der Waals surface area (Å²) in [5, 5.41) is 9.27. The highest BCUT2D eigenvalue weighted by Gasteiger charge is 2.33. The summed E-state index contributed by atoms with van der Waals surface area (Å²) < 4.78 is 0. The van der Waals surface area contributed by atoms with Crippen LogP contribution in [0.2, 0.25) is 0 Å². The second-order valence-electron chi connectivity index (χ2n) is 5.17. The van der Waals surface area contributed by atoms with Crippen molar-refractivity contribution < 1.29 is 4.79 Å². The van der Waals surface area contributed by atoms with Crippen molar-refractivity contribution in [2.75, 3.05) is 14.1 Å². The molecule has 21 heavy (non-hydrogen) atoms. The van der Waals surface area contributed by atoms with Gasteiger partial charge in [-0.3, -0.25) is 9.79 Å². The summed E-state index contributed by atoms with van der Waals surface area (Å²) in [6, 6.07) is 8.12. The summed E-state index contributed by atoms with van der Waals surface area (Å²) in [7, 11) is 3.40. The van der Waals surface area contributed by atoms with E-state index in [4.69, 9.17) is 0 Å². The number of hydrogen-bond acceptors (Lipinski definition) is 2. The number of amides is 1. The van der Waals surface area contributed by atoms with Gasteiger partial charge in [0.05, 0.1) is 0 Å². The predicted octanol–water partition coefficient (Wildman–Crippen LogP) is 1.74. The molecule has 1 fully saturated rings. The van der Waals surface area contributed by atoms with Crippen molar-refractivity contribution in [1.82, 2.24) is 16.0 Å². The normalized spacial score (nSPS) is 20.2. The molecule has 1 aromatic rings. The van der Waals surface area contributed by atoms with Gasteiger partial charge in [-0.05, 0) is 30.0 Å². The van der Waals surface area contributed by atoms with E-state index in [2.05, 4.69) is 27.9 Å². The van der Waals surface area contributed by atoms with Crippen LogP contribution in [0.4, 0.5) is 0 Å². The number of aliphatic imine (C=N–C) groups is 1. The fourth-order valence-corrected chi connectivity index (χ4v) is 2.05. The first-order valence-corrected chi connectivity index (χ1v) is 6.92. The molecule has 1 saturated carbocycles. The van der Waals surface area contributed by atoms with Crippen LogP contribution in [0.3, 0.4) is 0 Å². The van der Waals surface area contributed by atoms with Crippen molar-refractivity contribution in [1.29, 1.82) is 0 Å². The molecule has 2 atom stereocenters. The Kier molecular flexibility index (Phi) is 6.94. The summed E-state index contributed by atoms with van der Waals surface area (Å²) >= 11 is 0. The molecule has 116 valence electrons. The number of nitrogens with one attached hydrogen (secondary N) is 3. The summed E-state index contributed by atoms with van der Waals surface area (Å²) in [6.07, 6.45) is 1.20. The number of carbonyl (C=O) groups is 1. The molecule has 3 N–H and O–H groups in total. The number of hydrogen-bond donors (Lipinski definition) is 3. The van der Waals surface area contributed by atoms with E-state index in [0.29, 0.717) is 18.2 Å². The van der Waals surface area contributed by atoms with Crippen molar-refractivity contribution in [2.24, 2.45) is 10.9 Å². The van der Waals surface area contributed by atoms with Gasteiger partial charge in [0.25, 0.3) is 5.91 Å². The first kappa shape index (κ1) is 17.7. The molecule has 6 heteroatoms. The first-order chi connectivity index (χ1) is 9.63. The van der Waals surface area contributed by atoms with Crippen LogP contribution in [0, 0.1) is 5.92 Å². The third-order valence-corrected chi connectivity index (χ3v) is 3.53. The van der Waals surface area contributed by atoms with Crippen molar-refractivity contribution in [2.45, 2.75) is 25.9 Å². The molecule has 2 unspecified atom stereocenters. The third-order valence-electron chi connectivity index (χ3n) is 3.53. The topological polar surface area (TPSA) is 65.5 Å². The van der Waals surface area contributed by atoms with Crippen LogP contribution in [-0.2, 0) is 6.54 Å². The van der Waals surface area contributed by atoms with Gasteiger partial charge < -0.3 is 16.0 Å². The van der Waals surface area contributed by atoms with E-state index in [9.17, 15) is 4.79 Å². The van der Waals surface area contributed by atoms with Gasteiger partial charge in [0.15, 0.2) is 5.96 Å². The van der Waals surface area contributed by atoms with E-state index >= 15 is 0 Å².